The number of aromatic hydroxyl groups is 1. The standard InChI is InChI=1S/C14H19NO/c1-4-6-13(5-2)15-10-12-9-11(3)7-8-14(12)16/h1,7-9,13,15-16H,5-6,10H2,2-3H3. The van der Waals surface area contributed by atoms with Gasteiger partial charge in [0.1, 0.15) is 5.75 Å². The SMILES string of the molecule is C#CCC(CC)NCc1cc(C)ccc1O. The maximum Gasteiger partial charge on any atom is 0.120 e. The Morgan fingerprint density at radius 3 is 2.88 bits per heavy atom. The van der Waals surface area contributed by atoms with Gasteiger partial charge < -0.3 is 10.4 Å². The van der Waals surface area contributed by atoms with Crippen LogP contribution >= 0.6 is 0 Å². The maximum atomic E-state index is 9.67. The van der Waals surface area contributed by atoms with Crippen molar-refractivity contribution in [1.82, 2.24) is 5.32 Å². The van der Waals surface area contributed by atoms with Gasteiger partial charge in [-0.05, 0) is 19.4 Å². The highest BCUT2D eigenvalue weighted by atomic mass is 16.3. The Hall–Kier alpha value is -1.46. The molecule has 0 aliphatic carbocycles. The number of nitrogens with one attached hydrogen (secondary N) is 1. The average molecular weight is 217 g/mol. The quantitative estimate of drug-likeness (QED) is 0.743. The van der Waals surface area contributed by atoms with E-state index in [4.69, 9.17) is 6.42 Å². The van der Waals surface area contributed by atoms with Crippen LogP contribution in [0.5, 0.6) is 5.75 Å². The monoisotopic (exact) mass is 217 g/mol. The molecule has 0 fully saturated rings. The topological polar surface area (TPSA) is 32.3 Å². The van der Waals surface area contributed by atoms with Gasteiger partial charge in [0.05, 0.1) is 0 Å². The molecule has 2 nitrogen and oxygen atoms in total. The molecule has 0 spiro atoms. The molecule has 0 heterocycles. The zero-order chi connectivity index (χ0) is 12.0. The molecule has 0 radical (unpaired) electrons. The molecule has 0 bridgehead atoms. The summed E-state index contributed by atoms with van der Waals surface area (Å²) in [6.07, 6.45) is 7.01. The van der Waals surface area contributed by atoms with E-state index in [1.165, 1.54) is 0 Å². The fourth-order valence-electron chi connectivity index (χ4n) is 1.61. The van der Waals surface area contributed by atoms with E-state index in [1.807, 2.05) is 19.1 Å². The van der Waals surface area contributed by atoms with Crippen LogP contribution in [0.25, 0.3) is 0 Å². The highest BCUT2D eigenvalue weighted by molar-refractivity contribution is 5.35. The Morgan fingerprint density at radius 1 is 1.50 bits per heavy atom. The Labute approximate surface area is 97.7 Å². The molecule has 2 N–H and O–H groups in total. The van der Waals surface area contributed by atoms with Gasteiger partial charge in [-0.15, -0.1) is 12.3 Å². The van der Waals surface area contributed by atoms with E-state index in [9.17, 15) is 5.11 Å². The molecule has 0 saturated carbocycles. The van der Waals surface area contributed by atoms with E-state index in [1.54, 1.807) is 6.07 Å². The number of phenols is 1. The van der Waals surface area contributed by atoms with Crippen LogP contribution in [0, 0.1) is 19.3 Å². The van der Waals surface area contributed by atoms with E-state index in [-0.39, 0.29) is 0 Å². The molecule has 16 heavy (non-hydrogen) atoms. The molecule has 86 valence electrons. The van der Waals surface area contributed by atoms with Crippen molar-refractivity contribution in [3.8, 4) is 18.1 Å². The normalized spacial score (nSPS) is 12.1. The van der Waals surface area contributed by atoms with Crippen LogP contribution in [0.1, 0.15) is 30.9 Å². The number of terminal acetylenes is 1. The largest absolute Gasteiger partial charge is 0.508 e. The Balaban J connectivity index is 2.60. The number of rotatable bonds is 5. The lowest BCUT2D eigenvalue weighted by molar-refractivity contribution is 0.453. The minimum absolute atomic E-state index is 0.324. The lowest BCUT2D eigenvalue weighted by atomic mass is 10.1. The first kappa shape index (κ1) is 12.6. The second kappa shape index (κ2) is 6.19. The van der Waals surface area contributed by atoms with E-state index in [2.05, 4.69) is 18.2 Å². The van der Waals surface area contributed by atoms with Crippen LogP contribution in [-0.4, -0.2) is 11.1 Å². The van der Waals surface area contributed by atoms with E-state index >= 15 is 0 Å². The fraction of sp³-hybridized carbons (Fsp3) is 0.429. The fourth-order valence-corrected chi connectivity index (χ4v) is 1.61. The van der Waals surface area contributed by atoms with Gasteiger partial charge in [0.2, 0.25) is 0 Å². The van der Waals surface area contributed by atoms with E-state index < -0.39 is 0 Å². The van der Waals surface area contributed by atoms with Crippen LogP contribution < -0.4 is 5.32 Å². The molecule has 1 aromatic rings. The summed E-state index contributed by atoms with van der Waals surface area (Å²) in [6.45, 7) is 4.78. The zero-order valence-corrected chi connectivity index (χ0v) is 9.96. The van der Waals surface area contributed by atoms with Gasteiger partial charge in [0, 0.05) is 24.6 Å². The highest BCUT2D eigenvalue weighted by Crippen LogP contribution is 2.18. The first-order chi connectivity index (χ1) is 7.67. The summed E-state index contributed by atoms with van der Waals surface area (Å²) in [5, 5.41) is 13.0. The molecule has 1 rings (SSSR count). The third kappa shape index (κ3) is 3.60. The summed E-state index contributed by atoms with van der Waals surface area (Å²) >= 11 is 0. The minimum atomic E-state index is 0.324. The summed E-state index contributed by atoms with van der Waals surface area (Å²) < 4.78 is 0. The molecular formula is C14H19NO. The zero-order valence-electron chi connectivity index (χ0n) is 9.96. The van der Waals surface area contributed by atoms with Crippen LogP contribution in [0.4, 0.5) is 0 Å². The lowest BCUT2D eigenvalue weighted by Gasteiger charge is -2.15. The van der Waals surface area contributed by atoms with Gasteiger partial charge in [-0.1, -0.05) is 24.6 Å². The summed E-state index contributed by atoms with van der Waals surface area (Å²) in [5.74, 6) is 3.00. The third-order valence-electron chi connectivity index (χ3n) is 2.67. The molecule has 0 saturated heterocycles. The highest BCUT2D eigenvalue weighted by Gasteiger charge is 2.06. The molecule has 1 atom stereocenters. The summed E-state index contributed by atoms with van der Waals surface area (Å²) in [7, 11) is 0. The van der Waals surface area contributed by atoms with Crippen LogP contribution in [0.2, 0.25) is 0 Å². The average Bonchev–Trinajstić information content (AvgIpc) is 2.28. The Morgan fingerprint density at radius 2 is 2.25 bits per heavy atom. The molecular weight excluding hydrogens is 198 g/mol. The summed E-state index contributed by atoms with van der Waals surface area (Å²) in [4.78, 5) is 0. The molecule has 1 aromatic carbocycles. The van der Waals surface area contributed by atoms with Crippen molar-refractivity contribution in [3.63, 3.8) is 0 Å². The number of hydrogen-bond donors (Lipinski definition) is 2. The molecule has 0 aliphatic rings. The summed E-state index contributed by atoms with van der Waals surface area (Å²) in [5.41, 5.74) is 2.08. The van der Waals surface area contributed by atoms with Crippen LogP contribution in [0.3, 0.4) is 0 Å². The van der Waals surface area contributed by atoms with Gasteiger partial charge in [-0.3, -0.25) is 0 Å². The molecule has 0 amide bonds. The second-order valence-corrected chi connectivity index (χ2v) is 4.03. The predicted octanol–water partition coefficient (Wildman–Crippen LogP) is 2.59. The van der Waals surface area contributed by atoms with Gasteiger partial charge in [-0.25, -0.2) is 0 Å². The smallest absolute Gasteiger partial charge is 0.120 e. The van der Waals surface area contributed by atoms with Crippen molar-refractivity contribution in [2.45, 2.75) is 39.3 Å². The lowest BCUT2D eigenvalue weighted by Crippen LogP contribution is -2.27. The minimum Gasteiger partial charge on any atom is -0.508 e. The van der Waals surface area contributed by atoms with Crippen molar-refractivity contribution < 1.29 is 5.11 Å². The van der Waals surface area contributed by atoms with E-state index in [0.29, 0.717) is 18.3 Å². The number of hydrogen-bond acceptors (Lipinski definition) is 2. The second-order valence-electron chi connectivity index (χ2n) is 4.03. The molecule has 2 heteroatoms. The van der Waals surface area contributed by atoms with Crippen molar-refractivity contribution in [3.05, 3.63) is 29.3 Å². The van der Waals surface area contributed by atoms with Gasteiger partial charge >= 0.3 is 0 Å². The van der Waals surface area contributed by atoms with Crippen molar-refractivity contribution in [2.75, 3.05) is 0 Å². The predicted molar refractivity (Wildman–Crippen MR) is 67.2 cm³/mol. The molecule has 1 unspecified atom stereocenters. The first-order valence-electron chi connectivity index (χ1n) is 5.62. The summed E-state index contributed by atoms with van der Waals surface area (Å²) in [6, 6.07) is 5.95. The number of benzene rings is 1. The Kier molecular flexibility index (Phi) is 4.88. The Bertz CT molecular complexity index is 379. The molecule has 0 aliphatic heterocycles. The van der Waals surface area contributed by atoms with Crippen molar-refractivity contribution in [1.29, 1.82) is 0 Å². The van der Waals surface area contributed by atoms with Crippen molar-refractivity contribution >= 4 is 0 Å². The van der Waals surface area contributed by atoms with Crippen molar-refractivity contribution in [2.24, 2.45) is 0 Å². The van der Waals surface area contributed by atoms with Crippen LogP contribution in [-0.2, 0) is 6.54 Å². The first-order valence-corrected chi connectivity index (χ1v) is 5.62. The number of phenolic OH excluding ortho intramolecular Hbond substituents is 1. The molecule has 0 aromatic heterocycles. The third-order valence-corrected chi connectivity index (χ3v) is 2.67. The maximum absolute atomic E-state index is 9.67. The van der Waals surface area contributed by atoms with E-state index in [0.717, 1.165) is 24.0 Å². The van der Waals surface area contributed by atoms with Crippen LogP contribution in [0.15, 0.2) is 18.2 Å². The number of aryl methyl sites for hydroxylation is 1. The van der Waals surface area contributed by atoms with Gasteiger partial charge in [0.25, 0.3) is 0 Å². The van der Waals surface area contributed by atoms with Gasteiger partial charge in [-0.2, -0.15) is 0 Å². The van der Waals surface area contributed by atoms with Gasteiger partial charge in [0.15, 0.2) is 0 Å².